The van der Waals surface area contributed by atoms with Gasteiger partial charge in [0.2, 0.25) is 0 Å². The first kappa shape index (κ1) is 17.5. The lowest BCUT2D eigenvalue weighted by Crippen LogP contribution is -2.47. The van der Waals surface area contributed by atoms with Gasteiger partial charge in [-0.25, -0.2) is 0 Å². The Bertz CT molecular complexity index is 673. The van der Waals surface area contributed by atoms with Crippen molar-refractivity contribution in [2.75, 3.05) is 53.6 Å². The van der Waals surface area contributed by atoms with Gasteiger partial charge in [-0.3, -0.25) is 0 Å². The van der Waals surface area contributed by atoms with Crippen LogP contribution >= 0.6 is 0 Å². The Labute approximate surface area is 143 Å². The molecule has 8 heteroatoms. The SMILES string of the molecule is COc1cccc([C@@H]2CCN(S(=O)(=O)N3CCOCC3)C2)c1OC. The highest BCUT2D eigenvalue weighted by Crippen LogP contribution is 2.39. The largest absolute Gasteiger partial charge is 0.493 e. The number of ether oxygens (including phenoxy) is 3. The highest BCUT2D eigenvalue weighted by Gasteiger charge is 2.37. The summed E-state index contributed by atoms with van der Waals surface area (Å²) in [5.74, 6) is 1.46. The molecule has 0 aliphatic carbocycles. The van der Waals surface area contributed by atoms with Crippen LogP contribution < -0.4 is 9.47 Å². The van der Waals surface area contributed by atoms with Gasteiger partial charge in [0.25, 0.3) is 10.2 Å². The minimum absolute atomic E-state index is 0.103. The standard InChI is InChI=1S/C16H24N2O5S/c1-21-15-5-3-4-14(16(15)22-2)13-6-7-18(12-13)24(19,20)17-8-10-23-11-9-17/h3-5,13H,6-12H2,1-2H3/t13-/m1/s1. The molecule has 0 bridgehead atoms. The summed E-state index contributed by atoms with van der Waals surface area (Å²) in [5.41, 5.74) is 0.997. The van der Waals surface area contributed by atoms with Crippen molar-refractivity contribution in [1.82, 2.24) is 8.61 Å². The molecule has 0 radical (unpaired) electrons. The van der Waals surface area contributed by atoms with Gasteiger partial charge in [-0.05, 0) is 12.5 Å². The molecule has 0 saturated carbocycles. The maximum Gasteiger partial charge on any atom is 0.282 e. The summed E-state index contributed by atoms with van der Waals surface area (Å²) in [7, 11) is -0.211. The van der Waals surface area contributed by atoms with Gasteiger partial charge in [-0.1, -0.05) is 12.1 Å². The number of nitrogens with zero attached hydrogens (tertiary/aromatic N) is 2. The van der Waals surface area contributed by atoms with E-state index in [4.69, 9.17) is 14.2 Å². The quantitative estimate of drug-likeness (QED) is 0.789. The molecule has 134 valence electrons. The van der Waals surface area contributed by atoms with Crippen molar-refractivity contribution >= 4 is 10.2 Å². The summed E-state index contributed by atoms with van der Waals surface area (Å²) < 4.78 is 44.7. The third kappa shape index (κ3) is 3.23. The lowest BCUT2D eigenvalue weighted by atomic mass is 9.97. The lowest BCUT2D eigenvalue weighted by Gasteiger charge is -2.30. The van der Waals surface area contributed by atoms with E-state index in [1.54, 1.807) is 18.5 Å². The van der Waals surface area contributed by atoms with Crippen LogP contribution in [0.3, 0.4) is 0 Å². The van der Waals surface area contributed by atoms with Crippen molar-refractivity contribution < 1.29 is 22.6 Å². The third-order valence-electron chi connectivity index (χ3n) is 4.65. The maximum atomic E-state index is 12.8. The van der Waals surface area contributed by atoms with Crippen LogP contribution in [0.4, 0.5) is 0 Å². The van der Waals surface area contributed by atoms with Gasteiger partial charge in [0.05, 0.1) is 27.4 Å². The molecule has 1 atom stereocenters. The zero-order valence-electron chi connectivity index (χ0n) is 14.1. The van der Waals surface area contributed by atoms with E-state index in [0.29, 0.717) is 50.9 Å². The van der Waals surface area contributed by atoms with E-state index < -0.39 is 10.2 Å². The summed E-state index contributed by atoms with van der Waals surface area (Å²) in [5, 5.41) is 0. The van der Waals surface area contributed by atoms with Gasteiger partial charge in [-0.2, -0.15) is 17.0 Å². The zero-order chi connectivity index (χ0) is 17.2. The molecule has 24 heavy (non-hydrogen) atoms. The predicted octanol–water partition coefficient (Wildman–Crippen LogP) is 1.07. The first-order valence-electron chi connectivity index (χ1n) is 8.11. The van der Waals surface area contributed by atoms with E-state index in [1.807, 2.05) is 18.2 Å². The van der Waals surface area contributed by atoms with Crippen molar-refractivity contribution in [2.24, 2.45) is 0 Å². The van der Waals surface area contributed by atoms with Gasteiger partial charge in [0.1, 0.15) is 0 Å². The molecule has 1 aromatic rings. The monoisotopic (exact) mass is 356 g/mol. The van der Waals surface area contributed by atoms with E-state index in [2.05, 4.69) is 0 Å². The summed E-state index contributed by atoms with van der Waals surface area (Å²) in [4.78, 5) is 0. The highest BCUT2D eigenvalue weighted by atomic mass is 32.2. The maximum absolute atomic E-state index is 12.8. The van der Waals surface area contributed by atoms with Gasteiger partial charge in [0, 0.05) is 37.7 Å². The van der Waals surface area contributed by atoms with Crippen molar-refractivity contribution in [1.29, 1.82) is 0 Å². The molecule has 1 aromatic carbocycles. The minimum Gasteiger partial charge on any atom is -0.493 e. The molecule has 2 aliphatic heterocycles. The fourth-order valence-electron chi connectivity index (χ4n) is 3.37. The normalized spacial score (nSPS) is 23.3. The zero-order valence-corrected chi connectivity index (χ0v) is 14.9. The van der Waals surface area contributed by atoms with E-state index in [0.717, 1.165) is 12.0 Å². The molecule has 3 rings (SSSR count). The molecular formula is C16H24N2O5S. The van der Waals surface area contributed by atoms with E-state index in [9.17, 15) is 8.42 Å². The first-order chi connectivity index (χ1) is 11.6. The summed E-state index contributed by atoms with van der Waals surface area (Å²) >= 11 is 0. The molecule has 2 saturated heterocycles. The average Bonchev–Trinajstić information content (AvgIpc) is 3.12. The molecule has 0 N–H and O–H groups in total. The number of rotatable bonds is 5. The first-order valence-corrected chi connectivity index (χ1v) is 9.51. The predicted molar refractivity (Wildman–Crippen MR) is 89.8 cm³/mol. The lowest BCUT2D eigenvalue weighted by molar-refractivity contribution is 0.0705. The third-order valence-corrected chi connectivity index (χ3v) is 6.65. The molecule has 0 unspecified atom stereocenters. The van der Waals surface area contributed by atoms with Crippen LogP contribution in [-0.2, 0) is 14.9 Å². The van der Waals surface area contributed by atoms with E-state index in [-0.39, 0.29) is 5.92 Å². The Balaban J connectivity index is 1.78. The van der Waals surface area contributed by atoms with E-state index >= 15 is 0 Å². The Morgan fingerprint density at radius 1 is 1.08 bits per heavy atom. The fourth-order valence-corrected chi connectivity index (χ4v) is 5.01. The minimum atomic E-state index is -3.42. The molecule has 0 amide bonds. The summed E-state index contributed by atoms with van der Waals surface area (Å²) in [6.45, 7) is 2.74. The topological polar surface area (TPSA) is 68.3 Å². The average molecular weight is 356 g/mol. The second-order valence-corrected chi connectivity index (χ2v) is 7.87. The fraction of sp³-hybridized carbons (Fsp3) is 0.625. The summed E-state index contributed by atoms with van der Waals surface area (Å²) in [6.07, 6.45) is 0.771. The number of hydrogen-bond acceptors (Lipinski definition) is 5. The number of morpholine rings is 1. The van der Waals surface area contributed by atoms with Crippen LogP contribution in [0.5, 0.6) is 11.5 Å². The second-order valence-electron chi connectivity index (χ2n) is 5.95. The number of methoxy groups -OCH3 is 2. The van der Waals surface area contributed by atoms with Crippen molar-refractivity contribution in [3.05, 3.63) is 23.8 Å². The van der Waals surface area contributed by atoms with Gasteiger partial charge < -0.3 is 14.2 Å². The Kier molecular flexibility index (Phi) is 5.29. The van der Waals surface area contributed by atoms with E-state index in [1.165, 1.54) is 4.31 Å². The number of benzene rings is 1. The van der Waals surface area contributed by atoms with Gasteiger partial charge >= 0.3 is 0 Å². The summed E-state index contributed by atoms with van der Waals surface area (Å²) in [6, 6.07) is 5.74. The Morgan fingerprint density at radius 2 is 1.83 bits per heavy atom. The molecule has 2 fully saturated rings. The van der Waals surface area contributed by atoms with Crippen molar-refractivity contribution in [3.8, 4) is 11.5 Å². The van der Waals surface area contributed by atoms with Crippen LogP contribution in [0, 0.1) is 0 Å². The molecule has 0 spiro atoms. The van der Waals surface area contributed by atoms with Crippen molar-refractivity contribution in [3.63, 3.8) is 0 Å². The van der Waals surface area contributed by atoms with Crippen LogP contribution in [0.25, 0.3) is 0 Å². The van der Waals surface area contributed by atoms with Gasteiger partial charge in [-0.15, -0.1) is 0 Å². The molecular weight excluding hydrogens is 332 g/mol. The van der Waals surface area contributed by atoms with Crippen molar-refractivity contribution in [2.45, 2.75) is 12.3 Å². The molecule has 2 heterocycles. The van der Waals surface area contributed by atoms with Crippen LogP contribution in [0.15, 0.2) is 18.2 Å². The Hall–Kier alpha value is -1.35. The number of para-hydroxylation sites is 1. The smallest absolute Gasteiger partial charge is 0.282 e. The molecule has 0 aromatic heterocycles. The van der Waals surface area contributed by atoms with Crippen LogP contribution in [0.2, 0.25) is 0 Å². The Morgan fingerprint density at radius 3 is 2.50 bits per heavy atom. The molecule has 2 aliphatic rings. The van der Waals surface area contributed by atoms with Gasteiger partial charge in [0.15, 0.2) is 11.5 Å². The second kappa shape index (κ2) is 7.26. The van der Waals surface area contributed by atoms with Crippen LogP contribution in [0.1, 0.15) is 17.9 Å². The highest BCUT2D eigenvalue weighted by molar-refractivity contribution is 7.86. The van der Waals surface area contributed by atoms with Crippen LogP contribution in [-0.4, -0.2) is 70.6 Å². The number of hydrogen-bond donors (Lipinski definition) is 0. The molecule has 7 nitrogen and oxygen atoms in total.